The van der Waals surface area contributed by atoms with E-state index in [1.807, 2.05) is 11.3 Å². The van der Waals surface area contributed by atoms with Crippen LogP contribution in [0.5, 0.6) is 0 Å². The van der Waals surface area contributed by atoms with E-state index in [1.54, 1.807) is 0 Å². The van der Waals surface area contributed by atoms with Crippen LogP contribution in [0.3, 0.4) is 0 Å². The number of thiophene rings is 1. The highest BCUT2D eigenvalue weighted by Gasteiger charge is 1.98. The van der Waals surface area contributed by atoms with Crippen LogP contribution < -0.4 is 5.32 Å². The topological polar surface area (TPSA) is 12.0 Å². The van der Waals surface area contributed by atoms with E-state index in [2.05, 4.69) is 37.5 Å². The first-order chi connectivity index (χ1) is 6.20. The van der Waals surface area contributed by atoms with Crippen LogP contribution in [0, 0.1) is 12.8 Å². The molecule has 0 aliphatic rings. The molecule has 0 bridgehead atoms. The van der Waals surface area contributed by atoms with E-state index >= 15 is 0 Å². The predicted octanol–water partition coefficient (Wildman–Crippen LogP) is 2.84. The van der Waals surface area contributed by atoms with Gasteiger partial charge in [0.15, 0.2) is 0 Å². The Balaban J connectivity index is 2.17. The molecule has 0 saturated heterocycles. The zero-order chi connectivity index (χ0) is 9.68. The van der Waals surface area contributed by atoms with Gasteiger partial charge in [-0.25, -0.2) is 0 Å². The fraction of sp³-hybridized carbons (Fsp3) is 0.636. The molecule has 1 N–H and O–H groups in total. The van der Waals surface area contributed by atoms with Crippen molar-refractivity contribution in [3.8, 4) is 0 Å². The molecule has 0 unspecified atom stereocenters. The SMILES string of the molecule is Cc1sccc1CCNCC(C)C. The van der Waals surface area contributed by atoms with Gasteiger partial charge in [-0.3, -0.25) is 0 Å². The lowest BCUT2D eigenvalue weighted by molar-refractivity contribution is 0.554. The smallest absolute Gasteiger partial charge is 0.00466 e. The van der Waals surface area contributed by atoms with Gasteiger partial charge in [-0.2, -0.15) is 0 Å². The molecule has 0 atom stereocenters. The minimum atomic E-state index is 0.753. The van der Waals surface area contributed by atoms with E-state index in [4.69, 9.17) is 0 Å². The molecule has 2 heteroatoms. The van der Waals surface area contributed by atoms with Gasteiger partial charge in [-0.05, 0) is 49.4 Å². The van der Waals surface area contributed by atoms with E-state index in [1.165, 1.54) is 16.9 Å². The molecule has 0 amide bonds. The molecule has 0 saturated carbocycles. The van der Waals surface area contributed by atoms with E-state index < -0.39 is 0 Å². The van der Waals surface area contributed by atoms with E-state index in [0.29, 0.717) is 0 Å². The third-order valence-electron chi connectivity index (χ3n) is 2.09. The van der Waals surface area contributed by atoms with Gasteiger partial charge in [-0.1, -0.05) is 13.8 Å². The zero-order valence-electron chi connectivity index (χ0n) is 8.76. The lowest BCUT2D eigenvalue weighted by Crippen LogP contribution is -2.22. The summed E-state index contributed by atoms with van der Waals surface area (Å²) in [6.07, 6.45) is 1.17. The Morgan fingerprint density at radius 2 is 2.23 bits per heavy atom. The van der Waals surface area contributed by atoms with Gasteiger partial charge in [0.1, 0.15) is 0 Å². The van der Waals surface area contributed by atoms with Crippen LogP contribution in [0.2, 0.25) is 0 Å². The first-order valence-corrected chi connectivity index (χ1v) is 5.82. The standard InChI is InChI=1S/C11H19NS/c1-9(2)8-12-6-4-11-5-7-13-10(11)3/h5,7,9,12H,4,6,8H2,1-3H3. The maximum Gasteiger partial charge on any atom is 0.00466 e. The van der Waals surface area contributed by atoms with Crippen molar-refractivity contribution in [2.45, 2.75) is 27.2 Å². The van der Waals surface area contributed by atoms with Crippen molar-refractivity contribution in [1.29, 1.82) is 0 Å². The molecule has 0 aliphatic carbocycles. The summed E-state index contributed by atoms with van der Waals surface area (Å²) in [7, 11) is 0. The molecule has 1 aromatic rings. The minimum Gasteiger partial charge on any atom is -0.316 e. The highest BCUT2D eigenvalue weighted by atomic mass is 32.1. The van der Waals surface area contributed by atoms with Crippen molar-refractivity contribution in [3.05, 3.63) is 21.9 Å². The van der Waals surface area contributed by atoms with Crippen LogP contribution in [-0.2, 0) is 6.42 Å². The average Bonchev–Trinajstić information content (AvgIpc) is 2.45. The lowest BCUT2D eigenvalue weighted by Gasteiger charge is -2.06. The van der Waals surface area contributed by atoms with Crippen LogP contribution in [-0.4, -0.2) is 13.1 Å². The van der Waals surface area contributed by atoms with Gasteiger partial charge in [0.05, 0.1) is 0 Å². The Morgan fingerprint density at radius 1 is 1.46 bits per heavy atom. The van der Waals surface area contributed by atoms with E-state index in [-0.39, 0.29) is 0 Å². The van der Waals surface area contributed by atoms with Crippen LogP contribution in [0.25, 0.3) is 0 Å². The van der Waals surface area contributed by atoms with Crippen LogP contribution in [0.15, 0.2) is 11.4 Å². The van der Waals surface area contributed by atoms with Gasteiger partial charge < -0.3 is 5.32 Å². The van der Waals surface area contributed by atoms with Crippen LogP contribution in [0.4, 0.5) is 0 Å². The first-order valence-electron chi connectivity index (χ1n) is 4.94. The van der Waals surface area contributed by atoms with Gasteiger partial charge in [0.25, 0.3) is 0 Å². The summed E-state index contributed by atoms with van der Waals surface area (Å²) < 4.78 is 0. The quantitative estimate of drug-likeness (QED) is 0.716. The van der Waals surface area contributed by atoms with Crippen molar-refractivity contribution < 1.29 is 0 Å². The first kappa shape index (κ1) is 10.7. The van der Waals surface area contributed by atoms with E-state index in [0.717, 1.165) is 19.0 Å². The number of rotatable bonds is 5. The molecule has 0 aromatic carbocycles. The molecule has 13 heavy (non-hydrogen) atoms. The minimum absolute atomic E-state index is 0.753. The summed E-state index contributed by atoms with van der Waals surface area (Å²) >= 11 is 1.84. The Hall–Kier alpha value is -0.340. The fourth-order valence-corrected chi connectivity index (χ4v) is 2.04. The van der Waals surface area contributed by atoms with Gasteiger partial charge in [0.2, 0.25) is 0 Å². The van der Waals surface area contributed by atoms with Crippen molar-refractivity contribution in [2.24, 2.45) is 5.92 Å². The van der Waals surface area contributed by atoms with Crippen molar-refractivity contribution >= 4 is 11.3 Å². The maximum atomic E-state index is 3.45. The largest absolute Gasteiger partial charge is 0.316 e. The molecule has 1 aromatic heterocycles. The highest BCUT2D eigenvalue weighted by molar-refractivity contribution is 7.10. The highest BCUT2D eigenvalue weighted by Crippen LogP contribution is 2.14. The number of aryl methyl sites for hydroxylation is 1. The Kier molecular flexibility index (Phi) is 4.46. The van der Waals surface area contributed by atoms with Gasteiger partial charge in [-0.15, -0.1) is 11.3 Å². The Morgan fingerprint density at radius 3 is 2.77 bits per heavy atom. The van der Waals surface area contributed by atoms with E-state index in [9.17, 15) is 0 Å². The van der Waals surface area contributed by atoms with Crippen molar-refractivity contribution in [3.63, 3.8) is 0 Å². The summed E-state index contributed by atoms with van der Waals surface area (Å²) in [6, 6.07) is 2.23. The monoisotopic (exact) mass is 197 g/mol. The molecule has 1 nitrogen and oxygen atoms in total. The molecule has 74 valence electrons. The molecule has 0 radical (unpaired) electrons. The van der Waals surface area contributed by atoms with Crippen LogP contribution >= 0.6 is 11.3 Å². The summed E-state index contributed by atoms with van der Waals surface area (Å²) in [5.74, 6) is 0.753. The Labute approximate surface area is 85.2 Å². The molecular formula is C11H19NS. The normalized spacial score (nSPS) is 11.1. The second-order valence-corrected chi connectivity index (χ2v) is 4.97. The molecule has 1 heterocycles. The summed E-state index contributed by atoms with van der Waals surface area (Å²) in [6.45, 7) is 8.91. The number of nitrogens with one attached hydrogen (secondary N) is 1. The second kappa shape index (κ2) is 5.40. The summed E-state index contributed by atoms with van der Waals surface area (Å²) in [5.41, 5.74) is 1.50. The third kappa shape index (κ3) is 3.92. The number of hydrogen-bond donors (Lipinski definition) is 1. The zero-order valence-corrected chi connectivity index (χ0v) is 9.58. The third-order valence-corrected chi connectivity index (χ3v) is 2.98. The maximum absolute atomic E-state index is 3.45. The predicted molar refractivity (Wildman–Crippen MR) is 60.5 cm³/mol. The molecule has 0 fully saturated rings. The number of hydrogen-bond acceptors (Lipinski definition) is 2. The van der Waals surface area contributed by atoms with Gasteiger partial charge in [0, 0.05) is 4.88 Å². The molecule has 0 spiro atoms. The molecule has 0 aliphatic heterocycles. The van der Waals surface area contributed by atoms with Crippen molar-refractivity contribution in [2.75, 3.05) is 13.1 Å². The Bertz CT molecular complexity index is 240. The average molecular weight is 197 g/mol. The molecular weight excluding hydrogens is 178 g/mol. The fourth-order valence-electron chi connectivity index (χ4n) is 1.28. The van der Waals surface area contributed by atoms with Crippen LogP contribution in [0.1, 0.15) is 24.3 Å². The molecule has 1 rings (SSSR count). The second-order valence-electron chi connectivity index (χ2n) is 3.85. The van der Waals surface area contributed by atoms with Gasteiger partial charge >= 0.3 is 0 Å². The van der Waals surface area contributed by atoms with Crippen molar-refractivity contribution in [1.82, 2.24) is 5.32 Å². The summed E-state index contributed by atoms with van der Waals surface area (Å²) in [4.78, 5) is 1.46. The summed E-state index contributed by atoms with van der Waals surface area (Å²) in [5, 5.41) is 5.63. The lowest BCUT2D eigenvalue weighted by atomic mass is 10.2.